The largest absolute Gasteiger partial charge is 0.435 e. The van der Waals surface area contributed by atoms with Crippen LogP contribution in [0.15, 0.2) is 52.9 Å². The van der Waals surface area contributed by atoms with Crippen LogP contribution >= 0.6 is 11.3 Å². The molecule has 3 heterocycles. The molecule has 154 valence electrons. The first-order valence-electron chi connectivity index (χ1n) is 9.54. The maximum absolute atomic E-state index is 14.2. The molecule has 5 nitrogen and oxygen atoms in total. The van der Waals surface area contributed by atoms with E-state index >= 15 is 0 Å². The molecule has 3 aromatic heterocycles. The number of aromatic nitrogens is 2. The molecule has 0 saturated heterocycles. The molecule has 0 amide bonds. The van der Waals surface area contributed by atoms with E-state index in [1.165, 1.54) is 22.0 Å². The minimum absolute atomic E-state index is 0.108. The number of aryl methyl sites for hydroxylation is 1. The molecule has 1 aromatic carbocycles. The molecule has 0 atom stereocenters. The Morgan fingerprint density at radius 3 is 2.74 bits per heavy atom. The van der Waals surface area contributed by atoms with Crippen molar-refractivity contribution in [3.05, 3.63) is 75.7 Å². The van der Waals surface area contributed by atoms with Crippen LogP contribution in [-0.2, 0) is 12.5 Å². The van der Waals surface area contributed by atoms with Gasteiger partial charge in [-0.15, -0.1) is 11.3 Å². The molecule has 0 unspecified atom stereocenters. The minimum Gasteiger partial charge on any atom is -0.435 e. The first kappa shape index (κ1) is 19.4. The van der Waals surface area contributed by atoms with Crippen LogP contribution in [-0.4, -0.2) is 9.55 Å². The standard InChI is InChI=1S/C23H15F2N3O2S/c1-28-11-17(20-15(22(28)29)4-7-31-20)16-8-13(23(12-26)5-6-23)10-27-21(16)30-19-3-2-14(24)9-18(19)25/h2-4,7-11H,5-6H2,1H3. The summed E-state index contributed by atoms with van der Waals surface area (Å²) in [7, 11) is 1.65. The van der Waals surface area contributed by atoms with Gasteiger partial charge in [-0.2, -0.15) is 5.26 Å². The van der Waals surface area contributed by atoms with Gasteiger partial charge in [0, 0.05) is 41.3 Å². The molecule has 0 spiro atoms. The molecule has 0 aliphatic heterocycles. The summed E-state index contributed by atoms with van der Waals surface area (Å²) in [5.74, 6) is -1.63. The topological polar surface area (TPSA) is 67.9 Å². The van der Waals surface area contributed by atoms with Gasteiger partial charge in [-0.25, -0.2) is 13.8 Å². The maximum Gasteiger partial charge on any atom is 0.259 e. The third kappa shape index (κ3) is 3.18. The zero-order valence-electron chi connectivity index (χ0n) is 16.4. The summed E-state index contributed by atoms with van der Waals surface area (Å²) < 4.78 is 35.5. The van der Waals surface area contributed by atoms with Crippen molar-refractivity contribution < 1.29 is 13.5 Å². The Morgan fingerprint density at radius 1 is 1.23 bits per heavy atom. The fourth-order valence-electron chi connectivity index (χ4n) is 3.62. The summed E-state index contributed by atoms with van der Waals surface area (Å²) in [5.41, 5.74) is 1.25. The molecule has 1 fully saturated rings. The van der Waals surface area contributed by atoms with Crippen molar-refractivity contribution in [2.45, 2.75) is 18.3 Å². The van der Waals surface area contributed by atoms with Gasteiger partial charge in [-0.05, 0) is 48.1 Å². The van der Waals surface area contributed by atoms with Crippen LogP contribution < -0.4 is 10.3 Å². The number of ether oxygens (including phenoxy) is 1. The quantitative estimate of drug-likeness (QED) is 0.437. The molecule has 8 heteroatoms. The van der Waals surface area contributed by atoms with Gasteiger partial charge in [-0.1, -0.05) is 0 Å². The van der Waals surface area contributed by atoms with Crippen molar-refractivity contribution in [2.24, 2.45) is 7.05 Å². The van der Waals surface area contributed by atoms with E-state index in [1.807, 2.05) is 11.4 Å². The Labute approximate surface area is 179 Å². The van der Waals surface area contributed by atoms with Crippen molar-refractivity contribution >= 4 is 21.4 Å². The van der Waals surface area contributed by atoms with Crippen LogP contribution in [0.5, 0.6) is 11.6 Å². The molecule has 0 radical (unpaired) electrons. The molecule has 0 bridgehead atoms. The molecule has 1 aliphatic rings. The van der Waals surface area contributed by atoms with E-state index in [-0.39, 0.29) is 17.2 Å². The Hall–Kier alpha value is -3.57. The number of nitriles is 1. The highest BCUT2D eigenvalue weighted by molar-refractivity contribution is 7.17. The van der Waals surface area contributed by atoms with Crippen molar-refractivity contribution in [1.29, 1.82) is 5.26 Å². The van der Waals surface area contributed by atoms with Crippen molar-refractivity contribution in [2.75, 3.05) is 0 Å². The molecule has 31 heavy (non-hydrogen) atoms. The number of halogens is 2. The second kappa shape index (κ2) is 7.00. The Morgan fingerprint density at radius 2 is 2.03 bits per heavy atom. The minimum atomic E-state index is -0.853. The van der Waals surface area contributed by atoms with E-state index in [0.29, 0.717) is 16.5 Å². The number of hydrogen-bond donors (Lipinski definition) is 0. The Kier molecular flexibility index (Phi) is 4.38. The lowest BCUT2D eigenvalue weighted by molar-refractivity contribution is 0.425. The molecule has 0 N–H and O–H groups in total. The number of pyridine rings is 2. The van der Waals surface area contributed by atoms with E-state index in [4.69, 9.17) is 4.74 Å². The normalized spacial score (nSPS) is 14.4. The molecule has 4 aromatic rings. The predicted octanol–water partition coefficient (Wildman–Crippen LogP) is 5.29. The van der Waals surface area contributed by atoms with Crippen LogP contribution in [0.4, 0.5) is 8.78 Å². The number of nitrogens with zero attached hydrogens (tertiary/aromatic N) is 3. The highest BCUT2D eigenvalue weighted by atomic mass is 32.1. The Balaban J connectivity index is 1.74. The summed E-state index contributed by atoms with van der Waals surface area (Å²) in [5, 5.41) is 12.0. The van der Waals surface area contributed by atoms with Gasteiger partial charge in [0.1, 0.15) is 5.82 Å². The number of thiophene rings is 1. The molecule has 1 aliphatic carbocycles. The van der Waals surface area contributed by atoms with Gasteiger partial charge in [0.05, 0.1) is 16.9 Å². The van der Waals surface area contributed by atoms with Gasteiger partial charge in [0.25, 0.3) is 5.56 Å². The maximum atomic E-state index is 14.2. The van der Waals surface area contributed by atoms with Crippen LogP contribution in [0.1, 0.15) is 18.4 Å². The second-order valence-corrected chi connectivity index (χ2v) is 8.49. The third-order valence-electron chi connectivity index (χ3n) is 5.54. The average molecular weight is 435 g/mol. The van der Waals surface area contributed by atoms with Gasteiger partial charge < -0.3 is 9.30 Å². The molecule has 1 saturated carbocycles. The van der Waals surface area contributed by atoms with Crippen molar-refractivity contribution in [3.8, 4) is 28.8 Å². The summed E-state index contributed by atoms with van der Waals surface area (Å²) in [6.45, 7) is 0. The number of fused-ring (bicyclic) bond motifs is 1. The van der Waals surface area contributed by atoms with Gasteiger partial charge >= 0.3 is 0 Å². The summed E-state index contributed by atoms with van der Waals surface area (Å²) in [6.07, 6.45) is 4.71. The van der Waals surface area contributed by atoms with E-state index in [1.54, 1.807) is 25.5 Å². The highest BCUT2D eigenvalue weighted by Gasteiger charge is 2.45. The molecular weight excluding hydrogens is 420 g/mol. The first-order valence-corrected chi connectivity index (χ1v) is 10.4. The number of hydrogen-bond acceptors (Lipinski definition) is 5. The van der Waals surface area contributed by atoms with Gasteiger partial charge in [-0.3, -0.25) is 4.79 Å². The lowest BCUT2D eigenvalue weighted by Crippen LogP contribution is -2.15. The predicted molar refractivity (Wildman–Crippen MR) is 113 cm³/mol. The van der Waals surface area contributed by atoms with E-state index in [0.717, 1.165) is 35.2 Å². The van der Waals surface area contributed by atoms with Crippen LogP contribution in [0.3, 0.4) is 0 Å². The fourth-order valence-corrected chi connectivity index (χ4v) is 4.53. The van der Waals surface area contributed by atoms with Crippen molar-refractivity contribution in [1.82, 2.24) is 9.55 Å². The smallest absolute Gasteiger partial charge is 0.259 e. The van der Waals surface area contributed by atoms with Gasteiger partial charge in [0.2, 0.25) is 5.88 Å². The second-order valence-electron chi connectivity index (χ2n) is 7.57. The van der Waals surface area contributed by atoms with Crippen molar-refractivity contribution in [3.63, 3.8) is 0 Å². The monoisotopic (exact) mass is 435 g/mol. The lowest BCUT2D eigenvalue weighted by atomic mass is 9.96. The highest BCUT2D eigenvalue weighted by Crippen LogP contribution is 2.49. The summed E-state index contributed by atoms with van der Waals surface area (Å²) in [6, 6.07) is 8.96. The van der Waals surface area contributed by atoms with Crippen LogP contribution in [0, 0.1) is 23.0 Å². The SMILES string of the molecule is Cn1cc(-c2cc(C3(C#N)CC3)cnc2Oc2ccc(F)cc2F)c2sccc2c1=O. The fraction of sp³-hybridized carbons (Fsp3) is 0.174. The third-order valence-corrected chi connectivity index (χ3v) is 6.49. The van der Waals surface area contributed by atoms with Crippen LogP contribution in [0.25, 0.3) is 21.2 Å². The zero-order chi connectivity index (χ0) is 21.8. The number of rotatable bonds is 4. The molecular formula is C23H15F2N3O2S. The average Bonchev–Trinajstić information content (AvgIpc) is 3.41. The number of benzene rings is 1. The van der Waals surface area contributed by atoms with E-state index < -0.39 is 17.0 Å². The summed E-state index contributed by atoms with van der Waals surface area (Å²) in [4.78, 5) is 16.9. The van der Waals surface area contributed by atoms with Crippen LogP contribution in [0.2, 0.25) is 0 Å². The Bertz CT molecular complexity index is 1450. The van der Waals surface area contributed by atoms with E-state index in [9.17, 15) is 18.8 Å². The van der Waals surface area contributed by atoms with E-state index in [2.05, 4.69) is 11.1 Å². The zero-order valence-corrected chi connectivity index (χ0v) is 17.2. The first-order chi connectivity index (χ1) is 14.9. The van der Waals surface area contributed by atoms with Gasteiger partial charge in [0.15, 0.2) is 11.6 Å². The lowest BCUT2D eigenvalue weighted by Gasteiger charge is -2.15. The summed E-state index contributed by atoms with van der Waals surface area (Å²) >= 11 is 1.40. The molecule has 5 rings (SSSR count).